The van der Waals surface area contributed by atoms with Crippen LogP contribution in [0.1, 0.15) is 38.1 Å². The predicted octanol–water partition coefficient (Wildman–Crippen LogP) is 1.07. The van der Waals surface area contributed by atoms with E-state index in [2.05, 4.69) is 0 Å². The molecule has 0 aliphatic carbocycles. The van der Waals surface area contributed by atoms with Crippen LogP contribution in [0.5, 0.6) is 0 Å². The maximum Gasteiger partial charge on any atom is 0.491 e. The lowest BCUT2D eigenvalue weighted by atomic mass is 9.76. The van der Waals surface area contributed by atoms with Crippen LogP contribution in [0.4, 0.5) is 0 Å². The number of carbonyl (C=O) groups is 1. The normalized spacial score (nSPS) is 16.0. The fraction of sp³-hybridized carbons (Fsp3) is 0.588. The molecule has 0 spiro atoms. The third kappa shape index (κ3) is 4.74. The number of benzene rings is 1. The highest BCUT2D eigenvalue weighted by atomic mass is 35.5. The van der Waals surface area contributed by atoms with Gasteiger partial charge in [0.1, 0.15) is 0 Å². The minimum atomic E-state index is -1.27. The highest BCUT2D eigenvalue weighted by Gasteiger charge is 2.39. The zero-order valence-corrected chi connectivity index (χ0v) is 15.8. The van der Waals surface area contributed by atoms with Gasteiger partial charge in [-0.3, -0.25) is 4.79 Å². The molecule has 0 bridgehead atoms. The summed E-state index contributed by atoms with van der Waals surface area (Å²) in [6.07, 6.45) is 0. The smallest absolute Gasteiger partial charge is 0.423 e. The third-order valence-electron chi connectivity index (χ3n) is 4.69. The average Bonchev–Trinajstić information content (AvgIpc) is 2.53. The molecule has 0 unspecified atom stereocenters. The van der Waals surface area contributed by atoms with Gasteiger partial charge in [-0.05, 0) is 45.3 Å². The molecule has 1 aromatic carbocycles. The predicted molar refractivity (Wildman–Crippen MR) is 97.2 cm³/mol. The molecule has 0 atom stereocenters. The summed E-state index contributed by atoms with van der Waals surface area (Å²) in [5, 5.41) is 20.7. The molecular formula is C17H25BClNO5. The van der Waals surface area contributed by atoms with Crippen LogP contribution in [0.3, 0.4) is 0 Å². The molecule has 6 nitrogen and oxygen atoms in total. The van der Waals surface area contributed by atoms with E-state index in [0.717, 1.165) is 0 Å². The Morgan fingerprint density at radius 2 is 1.88 bits per heavy atom. The molecule has 0 radical (unpaired) electrons. The van der Waals surface area contributed by atoms with Gasteiger partial charge in [0.05, 0.1) is 35.0 Å². The standard InChI is InChI=1S/C17H25BClNO5/c1-16(2,22)17(3,4)25-18(23)12-5-6-13(14(19)11-12)15(21)20-7-9-24-10-8-20/h5-6,11,22-23H,7-10H2,1-4H3. The first-order valence-corrected chi connectivity index (χ1v) is 8.65. The van der Waals surface area contributed by atoms with E-state index in [4.69, 9.17) is 21.0 Å². The molecule has 25 heavy (non-hydrogen) atoms. The van der Waals surface area contributed by atoms with Crippen molar-refractivity contribution in [3.63, 3.8) is 0 Å². The molecule has 1 aliphatic rings. The molecule has 0 aromatic heterocycles. The van der Waals surface area contributed by atoms with E-state index in [9.17, 15) is 14.9 Å². The summed E-state index contributed by atoms with van der Waals surface area (Å²) in [4.78, 5) is 14.2. The molecule has 2 rings (SSSR count). The fourth-order valence-corrected chi connectivity index (χ4v) is 2.56. The van der Waals surface area contributed by atoms with E-state index in [1.807, 2.05) is 0 Å². The lowest BCUT2D eigenvalue weighted by Gasteiger charge is -2.38. The Labute approximate surface area is 153 Å². The number of carbonyl (C=O) groups excluding carboxylic acids is 1. The van der Waals surface area contributed by atoms with E-state index in [1.165, 1.54) is 6.07 Å². The van der Waals surface area contributed by atoms with E-state index in [1.54, 1.807) is 44.7 Å². The van der Waals surface area contributed by atoms with Gasteiger partial charge in [0.2, 0.25) is 0 Å². The summed E-state index contributed by atoms with van der Waals surface area (Å²) in [6.45, 7) is 8.68. The SMILES string of the molecule is CC(C)(O)C(C)(C)OB(O)c1ccc(C(=O)N2CCOCC2)c(Cl)c1. The Balaban J connectivity index is 2.14. The number of rotatable bonds is 5. The Morgan fingerprint density at radius 3 is 2.40 bits per heavy atom. The van der Waals surface area contributed by atoms with Crippen molar-refractivity contribution in [1.82, 2.24) is 4.90 Å². The van der Waals surface area contributed by atoms with Gasteiger partial charge < -0.3 is 24.4 Å². The molecule has 1 heterocycles. The minimum Gasteiger partial charge on any atom is -0.423 e. The highest BCUT2D eigenvalue weighted by Crippen LogP contribution is 2.25. The Morgan fingerprint density at radius 1 is 1.28 bits per heavy atom. The molecule has 8 heteroatoms. The second-order valence-corrected chi connectivity index (χ2v) is 7.59. The van der Waals surface area contributed by atoms with Crippen molar-refractivity contribution in [1.29, 1.82) is 0 Å². The van der Waals surface area contributed by atoms with Gasteiger partial charge in [-0.25, -0.2) is 0 Å². The Bertz CT molecular complexity index is 626. The van der Waals surface area contributed by atoms with Crippen LogP contribution in [0.25, 0.3) is 0 Å². The van der Waals surface area contributed by atoms with Crippen molar-refractivity contribution in [2.75, 3.05) is 26.3 Å². The van der Waals surface area contributed by atoms with Gasteiger partial charge >= 0.3 is 7.12 Å². The van der Waals surface area contributed by atoms with Gasteiger partial charge in [-0.15, -0.1) is 0 Å². The van der Waals surface area contributed by atoms with Gasteiger partial charge in [-0.2, -0.15) is 0 Å². The molecule has 138 valence electrons. The molecule has 1 saturated heterocycles. The van der Waals surface area contributed by atoms with Gasteiger partial charge in [0.25, 0.3) is 5.91 Å². The first-order valence-electron chi connectivity index (χ1n) is 8.27. The largest absolute Gasteiger partial charge is 0.491 e. The minimum absolute atomic E-state index is 0.160. The van der Waals surface area contributed by atoms with Crippen LogP contribution in [-0.4, -0.2) is 65.6 Å². The van der Waals surface area contributed by atoms with Crippen LogP contribution >= 0.6 is 11.6 Å². The third-order valence-corrected chi connectivity index (χ3v) is 5.00. The van der Waals surface area contributed by atoms with Crippen molar-refractivity contribution in [3.8, 4) is 0 Å². The summed E-state index contributed by atoms with van der Waals surface area (Å²) in [5.74, 6) is -0.160. The summed E-state index contributed by atoms with van der Waals surface area (Å²) in [6, 6.07) is 4.70. The number of aliphatic hydroxyl groups is 1. The monoisotopic (exact) mass is 369 g/mol. The number of nitrogens with zero attached hydrogens (tertiary/aromatic N) is 1. The van der Waals surface area contributed by atoms with Crippen LogP contribution in [0.15, 0.2) is 18.2 Å². The second-order valence-electron chi connectivity index (χ2n) is 7.18. The number of hydrogen-bond acceptors (Lipinski definition) is 5. The summed E-state index contributed by atoms with van der Waals surface area (Å²) >= 11 is 6.25. The van der Waals surface area contributed by atoms with Gasteiger partial charge in [-0.1, -0.05) is 17.7 Å². The van der Waals surface area contributed by atoms with Crippen molar-refractivity contribution in [2.45, 2.75) is 38.9 Å². The van der Waals surface area contributed by atoms with E-state index in [0.29, 0.717) is 37.3 Å². The van der Waals surface area contributed by atoms with Crippen LogP contribution < -0.4 is 5.46 Å². The van der Waals surface area contributed by atoms with E-state index < -0.39 is 18.3 Å². The number of ether oxygens (including phenoxy) is 1. The molecular weight excluding hydrogens is 344 g/mol. The zero-order chi connectivity index (χ0) is 18.8. The van der Waals surface area contributed by atoms with E-state index >= 15 is 0 Å². The lowest BCUT2D eigenvalue weighted by molar-refractivity contribution is -0.0982. The maximum atomic E-state index is 12.5. The van der Waals surface area contributed by atoms with Crippen LogP contribution in [0.2, 0.25) is 5.02 Å². The lowest BCUT2D eigenvalue weighted by Crippen LogP contribution is -2.53. The van der Waals surface area contributed by atoms with Gasteiger partial charge in [0.15, 0.2) is 0 Å². The quantitative estimate of drug-likeness (QED) is 0.759. The van der Waals surface area contributed by atoms with Crippen LogP contribution in [0, 0.1) is 0 Å². The first kappa shape index (κ1) is 20.2. The summed E-state index contributed by atoms with van der Waals surface area (Å²) in [5.41, 5.74) is -1.34. The summed E-state index contributed by atoms with van der Waals surface area (Å²) < 4.78 is 10.8. The van der Waals surface area contributed by atoms with Crippen molar-refractivity contribution in [2.24, 2.45) is 0 Å². The topological polar surface area (TPSA) is 79.2 Å². The first-order chi connectivity index (χ1) is 11.5. The maximum absolute atomic E-state index is 12.5. The van der Waals surface area contributed by atoms with Crippen LogP contribution in [-0.2, 0) is 9.39 Å². The average molecular weight is 370 g/mol. The zero-order valence-electron chi connectivity index (χ0n) is 15.1. The molecule has 0 saturated carbocycles. The van der Waals surface area contributed by atoms with Crippen molar-refractivity contribution >= 4 is 30.1 Å². The van der Waals surface area contributed by atoms with E-state index in [-0.39, 0.29) is 10.9 Å². The molecule has 1 amide bonds. The number of morpholine rings is 1. The Hall–Kier alpha value is -1.12. The molecule has 2 N–H and O–H groups in total. The fourth-order valence-electron chi connectivity index (χ4n) is 2.29. The highest BCUT2D eigenvalue weighted by molar-refractivity contribution is 6.60. The van der Waals surface area contributed by atoms with Crippen molar-refractivity contribution < 1.29 is 24.3 Å². The number of amides is 1. The summed E-state index contributed by atoms with van der Waals surface area (Å²) in [7, 11) is -1.27. The Kier molecular flexibility index (Phi) is 6.17. The number of halogens is 1. The number of hydrogen-bond donors (Lipinski definition) is 2. The molecule has 1 aliphatic heterocycles. The van der Waals surface area contributed by atoms with Crippen molar-refractivity contribution in [3.05, 3.63) is 28.8 Å². The molecule has 1 fully saturated rings. The second kappa shape index (κ2) is 7.64. The van der Waals surface area contributed by atoms with Gasteiger partial charge in [0, 0.05) is 13.1 Å². The molecule has 1 aromatic rings.